The highest BCUT2D eigenvalue weighted by Crippen LogP contribution is 2.38. The van der Waals surface area contributed by atoms with Gasteiger partial charge in [0.25, 0.3) is 0 Å². The largest absolute Gasteiger partial charge is 0.494 e. The van der Waals surface area contributed by atoms with Gasteiger partial charge in [0.2, 0.25) is 11.9 Å². The number of benzene rings is 2. The lowest BCUT2D eigenvalue weighted by atomic mass is 10.1. The van der Waals surface area contributed by atoms with Gasteiger partial charge in [-0.15, -0.1) is 0 Å². The van der Waals surface area contributed by atoms with E-state index in [1.54, 1.807) is 13.3 Å². The average molecular weight is 501 g/mol. The molecule has 2 aromatic heterocycles. The number of likely N-dealkylation sites (N-methyl/N-ethyl adjacent to an activating group) is 2. The minimum absolute atomic E-state index is 0.303. The van der Waals surface area contributed by atoms with Crippen molar-refractivity contribution < 1.29 is 9.53 Å². The lowest BCUT2D eigenvalue weighted by molar-refractivity contribution is -0.111. The van der Waals surface area contributed by atoms with Crippen LogP contribution < -0.4 is 20.3 Å². The third-order valence-electron chi connectivity index (χ3n) is 6.00. The van der Waals surface area contributed by atoms with E-state index in [1.165, 1.54) is 6.08 Å². The van der Waals surface area contributed by atoms with Gasteiger partial charge in [-0.2, -0.15) is 5.10 Å². The maximum absolute atomic E-state index is 12.2. The van der Waals surface area contributed by atoms with Crippen molar-refractivity contribution in [3.8, 4) is 17.0 Å². The molecule has 0 spiro atoms. The first-order valence-electron chi connectivity index (χ1n) is 11.8. The molecule has 1 amide bonds. The molecule has 0 aliphatic rings. The molecule has 10 nitrogen and oxygen atoms in total. The Bertz CT molecular complexity index is 1430. The molecule has 0 saturated heterocycles. The summed E-state index contributed by atoms with van der Waals surface area (Å²) in [6, 6.07) is 11.7. The van der Waals surface area contributed by atoms with E-state index in [0.717, 1.165) is 40.9 Å². The van der Waals surface area contributed by atoms with E-state index in [9.17, 15) is 4.79 Å². The molecule has 2 aromatic carbocycles. The molecule has 0 saturated carbocycles. The number of hydrogen-bond acceptors (Lipinski definition) is 8. The van der Waals surface area contributed by atoms with E-state index in [4.69, 9.17) is 9.72 Å². The Balaban J connectivity index is 1.67. The van der Waals surface area contributed by atoms with E-state index in [0.29, 0.717) is 23.1 Å². The molecule has 0 aliphatic carbocycles. The van der Waals surface area contributed by atoms with Crippen LogP contribution in [0.15, 0.2) is 61.4 Å². The van der Waals surface area contributed by atoms with Crippen molar-refractivity contribution in [2.75, 3.05) is 56.9 Å². The van der Waals surface area contributed by atoms with Crippen LogP contribution in [0.3, 0.4) is 0 Å². The Labute approximate surface area is 216 Å². The fraction of sp³-hybridized carbons (Fsp3) is 0.259. The van der Waals surface area contributed by atoms with Gasteiger partial charge in [0.05, 0.1) is 41.6 Å². The van der Waals surface area contributed by atoms with Gasteiger partial charge in [-0.05, 0) is 44.4 Å². The minimum atomic E-state index is -0.303. The molecule has 4 rings (SSSR count). The molecule has 2 N–H and O–H groups in total. The molecule has 0 atom stereocenters. The maximum atomic E-state index is 12.2. The van der Waals surface area contributed by atoms with Crippen LogP contribution in [0, 0.1) is 0 Å². The zero-order chi connectivity index (χ0) is 26.5. The van der Waals surface area contributed by atoms with Crippen LogP contribution in [0.2, 0.25) is 0 Å². The van der Waals surface area contributed by atoms with Crippen LogP contribution in [-0.4, -0.2) is 71.9 Å². The van der Waals surface area contributed by atoms with Gasteiger partial charge in [0, 0.05) is 50.4 Å². The standard InChI is InChI=1S/C27H32N8O2/c1-7-26(36)30-21-15-22(25(37-6)16-24(21)34(4)13-12-33(2)3)32-27-28-11-10-20(31-27)18-8-9-23-19(14-18)17-29-35(23)5/h7-11,14-17H,1,12-13H2,2-6H3,(H,30,36)(H,28,31,32). The predicted octanol–water partition coefficient (Wildman–Crippen LogP) is 3.90. The quantitative estimate of drug-likeness (QED) is 0.316. The molecule has 0 fully saturated rings. The highest BCUT2D eigenvalue weighted by atomic mass is 16.5. The number of amides is 1. The third kappa shape index (κ3) is 5.87. The summed E-state index contributed by atoms with van der Waals surface area (Å²) in [6.07, 6.45) is 4.78. The van der Waals surface area contributed by atoms with Crippen molar-refractivity contribution in [2.24, 2.45) is 7.05 Å². The number of nitrogens with one attached hydrogen (secondary N) is 2. The molecule has 0 unspecified atom stereocenters. The van der Waals surface area contributed by atoms with E-state index in [1.807, 2.05) is 69.4 Å². The number of carbonyl (C=O) groups excluding carboxylic acids is 1. The Morgan fingerprint density at radius 2 is 1.95 bits per heavy atom. The molecule has 0 aliphatic heterocycles. The van der Waals surface area contributed by atoms with E-state index < -0.39 is 0 Å². The van der Waals surface area contributed by atoms with Gasteiger partial charge in [-0.1, -0.05) is 12.6 Å². The number of carbonyl (C=O) groups is 1. The van der Waals surface area contributed by atoms with Crippen LogP contribution in [0.4, 0.5) is 23.0 Å². The summed E-state index contributed by atoms with van der Waals surface area (Å²) in [5, 5.41) is 11.5. The summed E-state index contributed by atoms with van der Waals surface area (Å²) in [7, 11) is 9.53. The van der Waals surface area contributed by atoms with Crippen molar-refractivity contribution in [2.45, 2.75) is 0 Å². The zero-order valence-corrected chi connectivity index (χ0v) is 21.8. The van der Waals surface area contributed by atoms with E-state index >= 15 is 0 Å². The molecular formula is C27H32N8O2. The highest BCUT2D eigenvalue weighted by Gasteiger charge is 2.17. The first kappa shape index (κ1) is 25.6. The number of aryl methyl sites for hydroxylation is 1. The number of methoxy groups -OCH3 is 1. The fourth-order valence-corrected chi connectivity index (χ4v) is 3.93. The number of rotatable bonds is 10. The molecule has 2 heterocycles. The van der Waals surface area contributed by atoms with Gasteiger partial charge in [0.15, 0.2) is 0 Å². The molecule has 10 heteroatoms. The molecular weight excluding hydrogens is 468 g/mol. The summed E-state index contributed by atoms with van der Waals surface area (Å²) in [5.41, 5.74) is 4.82. The summed E-state index contributed by atoms with van der Waals surface area (Å²) in [4.78, 5) is 25.5. The van der Waals surface area contributed by atoms with Crippen LogP contribution in [-0.2, 0) is 11.8 Å². The Morgan fingerprint density at radius 1 is 1.14 bits per heavy atom. The Morgan fingerprint density at radius 3 is 2.68 bits per heavy atom. The van der Waals surface area contributed by atoms with Crippen LogP contribution in [0.1, 0.15) is 0 Å². The lowest BCUT2D eigenvalue weighted by Crippen LogP contribution is -2.29. The number of aromatic nitrogens is 4. The number of nitrogens with zero attached hydrogens (tertiary/aromatic N) is 6. The van der Waals surface area contributed by atoms with Crippen molar-refractivity contribution in [3.05, 3.63) is 61.4 Å². The number of ether oxygens (including phenoxy) is 1. The van der Waals surface area contributed by atoms with Gasteiger partial charge in [-0.3, -0.25) is 9.48 Å². The highest BCUT2D eigenvalue weighted by molar-refractivity contribution is 6.02. The first-order valence-corrected chi connectivity index (χ1v) is 11.8. The van der Waals surface area contributed by atoms with Crippen molar-refractivity contribution in [3.63, 3.8) is 0 Å². The molecule has 0 bridgehead atoms. The first-order chi connectivity index (χ1) is 17.8. The second-order valence-corrected chi connectivity index (χ2v) is 8.92. The Hall–Kier alpha value is -4.44. The fourth-order valence-electron chi connectivity index (χ4n) is 3.93. The van der Waals surface area contributed by atoms with Crippen LogP contribution in [0.5, 0.6) is 5.75 Å². The van der Waals surface area contributed by atoms with Crippen LogP contribution in [0.25, 0.3) is 22.2 Å². The van der Waals surface area contributed by atoms with Gasteiger partial charge in [-0.25, -0.2) is 9.97 Å². The average Bonchev–Trinajstić information content (AvgIpc) is 3.27. The summed E-state index contributed by atoms with van der Waals surface area (Å²) >= 11 is 0. The molecule has 37 heavy (non-hydrogen) atoms. The lowest BCUT2D eigenvalue weighted by Gasteiger charge is -2.26. The topological polar surface area (TPSA) is 100 Å². The van der Waals surface area contributed by atoms with Crippen LogP contribution >= 0.6 is 0 Å². The summed E-state index contributed by atoms with van der Waals surface area (Å²) in [6.45, 7) is 5.18. The summed E-state index contributed by atoms with van der Waals surface area (Å²) in [5.74, 6) is 0.688. The Kier molecular flexibility index (Phi) is 7.69. The molecule has 0 radical (unpaired) electrons. The van der Waals surface area contributed by atoms with E-state index in [2.05, 4.69) is 43.2 Å². The normalized spacial score (nSPS) is 11.0. The SMILES string of the molecule is C=CC(=O)Nc1cc(Nc2nccc(-c3ccc4c(cnn4C)c3)n2)c(OC)cc1N(C)CCN(C)C. The minimum Gasteiger partial charge on any atom is -0.494 e. The van der Waals surface area contributed by atoms with Gasteiger partial charge >= 0.3 is 0 Å². The number of fused-ring (bicyclic) bond motifs is 1. The van der Waals surface area contributed by atoms with Crippen molar-refractivity contribution in [1.29, 1.82) is 0 Å². The van der Waals surface area contributed by atoms with Gasteiger partial charge < -0.3 is 25.2 Å². The van der Waals surface area contributed by atoms with Gasteiger partial charge in [0.1, 0.15) is 5.75 Å². The monoisotopic (exact) mass is 500 g/mol. The predicted molar refractivity (Wildman–Crippen MR) is 149 cm³/mol. The smallest absolute Gasteiger partial charge is 0.247 e. The third-order valence-corrected chi connectivity index (χ3v) is 6.00. The zero-order valence-electron chi connectivity index (χ0n) is 21.8. The van der Waals surface area contributed by atoms with Crippen molar-refractivity contribution >= 4 is 39.8 Å². The number of anilines is 4. The second kappa shape index (κ2) is 11.1. The molecule has 4 aromatic rings. The maximum Gasteiger partial charge on any atom is 0.247 e. The number of hydrogen-bond donors (Lipinski definition) is 2. The second-order valence-electron chi connectivity index (χ2n) is 8.92. The summed E-state index contributed by atoms with van der Waals surface area (Å²) < 4.78 is 7.52. The van der Waals surface area contributed by atoms with Crippen molar-refractivity contribution in [1.82, 2.24) is 24.6 Å². The van der Waals surface area contributed by atoms with E-state index in [-0.39, 0.29) is 5.91 Å². The molecule has 192 valence electrons.